The molecule has 0 aliphatic carbocycles. The monoisotopic (exact) mass is 169 g/mol. The van der Waals surface area contributed by atoms with Crippen LogP contribution in [0.25, 0.3) is 0 Å². The first kappa shape index (κ1) is 10.0. The van der Waals surface area contributed by atoms with E-state index in [4.69, 9.17) is 0 Å². The van der Waals surface area contributed by atoms with E-state index in [1.807, 2.05) is 0 Å². The van der Waals surface area contributed by atoms with Crippen LogP contribution in [0.1, 0.15) is 40.5 Å². The van der Waals surface area contributed by atoms with Gasteiger partial charge < -0.3 is 5.32 Å². The van der Waals surface area contributed by atoms with E-state index in [1.165, 1.54) is 19.4 Å². The summed E-state index contributed by atoms with van der Waals surface area (Å²) >= 11 is 0. The van der Waals surface area contributed by atoms with Crippen LogP contribution in [0.2, 0.25) is 0 Å². The third-order valence-corrected chi connectivity index (χ3v) is 3.87. The lowest BCUT2D eigenvalue weighted by atomic mass is 9.77. The van der Waals surface area contributed by atoms with Crippen molar-refractivity contribution in [3.05, 3.63) is 0 Å². The molecule has 0 aromatic heterocycles. The van der Waals surface area contributed by atoms with Gasteiger partial charge in [0.2, 0.25) is 0 Å². The second-order valence-electron chi connectivity index (χ2n) is 4.45. The lowest BCUT2D eigenvalue weighted by Gasteiger charge is -2.38. The third kappa shape index (κ3) is 2.01. The van der Waals surface area contributed by atoms with Gasteiger partial charge in [-0.2, -0.15) is 0 Å². The fourth-order valence-electron chi connectivity index (χ4n) is 2.02. The molecule has 0 amide bonds. The van der Waals surface area contributed by atoms with Gasteiger partial charge in [0, 0.05) is 6.04 Å². The molecule has 1 N–H and O–H groups in total. The molecule has 0 aromatic carbocycles. The van der Waals surface area contributed by atoms with Gasteiger partial charge in [0.05, 0.1) is 0 Å². The third-order valence-electron chi connectivity index (χ3n) is 3.87. The van der Waals surface area contributed by atoms with Crippen LogP contribution in [0.5, 0.6) is 0 Å². The molecule has 0 aromatic rings. The Morgan fingerprint density at radius 3 is 2.25 bits per heavy atom. The van der Waals surface area contributed by atoms with Gasteiger partial charge in [-0.25, -0.2) is 0 Å². The quantitative estimate of drug-likeness (QED) is 0.682. The molecule has 1 heterocycles. The highest BCUT2D eigenvalue weighted by Gasteiger charge is 2.28. The first-order chi connectivity index (χ1) is 5.66. The maximum atomic E-state index is 3.51. The van der Waals surface area contributed by atoms with Crippen molar-refractivity contribution in [2.45, 2.75) is 46.6 Å². The smallest absolute Gasteiger partial charge is 0.0107 e. The molecule has 1 rings (SSSR count). The highest BCUT2D eigenvalue weighted by molar-refractivity contribution is 4.85. The molecule has 1 aliphatic heterocycles. The van der Waals surface area contributed by atoms with E-state index >= 15 is 0 Å². The SMILES string of the molecule is CCC(C)C(C)[C@H](C)C1CCN1. The van der Waals surface area contributed by atoms with Gasteiger partial charge in [0.15, 0.2) is 0 Å². The Balaban J connectivity index is 2.33. The molecule has 0 bridgehead atoms. The van der Waals surface area contributed by atoms with Crippen molar-refractivity contribution < 1.29 is 0 Å². The van der Waals surface area contributed by atoms with Gasteiger partial charge in [-0.05, 0) is 30.7 Å². The largest absolute Gasteiger partial charge is 0.314 e. The van der Waals surface area contributed by atoms with Crippen molar-refractivity contribution in [1.29, 1.82) is 0 Å². The summed E-state index contributed by atoms with van der Waals surface area (Å²) < 4.78 is 0. The molecule has 4 atom stereocenters. The van der Waals surface area contributed by atoms with E-state index < -0.39 is 0 Å². The predicted molar refractivity (Wildman–Crippen MR) is 54.2 cm³/mol. The van der Waals surface area contributed by atoms with Crippen molar-refractivity contribution in [3.8, 4) is 0 Å². The number of nitrogens with one attached hydrogen (secondary N) is 1. The zero-order valence-electron chi connectivity index (χ0n) is 8.93. The van der Waals surface area contributed by atoms with Crippen LogP contribution >= 0.6 is 0 Å². The maximum absolute atomic E-state index is 3.51. The van der Waals surface area contributed by atoms with E-state index in [2.05, 4.69) is 33.0 Å². The summed E-state index contributed by atoms with van der Waals surface area (Å²) in [6.07, 6.45) is 2.71. The van der Waals surface area contributed by atoms with Gasteiger partial charge in [-0.15, -0.1) is 0 Å². The van der Waals surface area contributed by atoms with Crippen LogP contribution in [0, 0.1) is 17.8 Å². The molecule has 1 nitrogen and oxygen atoms in total. The number of hydrogen-bond acceptors (Lipinski definition) is 1. The van der Waals surface area contributed by atoms with Crippen molar-refractivity contribution in [3.63, 3.8) is 0 Å². The molecular weight excluding hydrogens is 146 g/mol. The second-order valence-corrected chi connectivity index (χ2v) is 4.45. The van der Waals surface area contributed by atoms with E-state index in [0.29, 0.717) is 0 Å². The van der Waals surface area contributed by atoms with Crippen LogP contribution in [0.4, 0.5) is 0 Å². The summed E-state index contributed by atoms with van der Waals surface area (Å²) in [4.78, 5) is 0. The summed E-state index contributed by atoms with van der Waals surface area (Å²) in [6, 6.07) is 0.814. The standard InChI is InChI=1S/C11H23N/c1-5-8(2)9(3)10(4)11-6-7-12-11/h8-12H,5-7H2,1-4H3/t8?,9?,10-,11?/m0/s1. The van der Waals surface area contributed by atoms with E-state index in [0.717, 1.165) is 23.8 Å². The molecule has 0 saturated carbocycles. The minimum Gasteiger partial charge on any atom is -0.314 e. The zero-order valence-corrected chi connectivity index (χ0v) is 8.93. The summed E-state index contributed by atoms with van der Waals surface area (Å²) in [6.45, 7) is 10.7. The molecule has 1 fully saturated rings. The fourth-order valence-corrected chi connectivity index (χ4v) is 2.02. The summed E-state index contributed by atoms with van der Waals surface area (Å²) in [5, 5.41) is 3.51. The second kappa shape index (κ2) is 4.27. The van der Waals surface area contributed by atoms with Crippen LogP contribution in [-0.2, 0) is 0 Å². The van der Waals surface area contributed by atoms with Gasteiger partial charge in [0.1, 0.15) is 0 Å². The Hall–Kier alpha value is -0.0400. The van der Waals surface area contributed by atoms with Gasteiger partial charge in [0.25, 0.3) is 0 Å². The lowest BCUT2D eigenvalue weighted by Crippen LogP contribution is -2.49. The molecule has 0 spiro atoms. The van der Waals surface area contributed by atoms with Crippen LogP contribution in [0.3, 0.4) is 0 Å². The molecular formula is C11H23N. The maximum Gasteiger partial charge on any atom is 0.0107 e. The van der Waals surface area contributed by atoms with Gasteiger partial charge in [-0.1, -0.05) is 34.1 Å². The highest BCUT2D eigenvalue weighted by atomic mass is 15.0. The van der Waals surface area contributed by atoms with Crippen LogP contribution in [-0.4, -0.2) is 12.6 Å². The van der Waals surface area contributed by atoms with Crippen LogP contribution in [0.15, 0.2) is 0 Å². The van der Waals surface area contributed by atoms with Gasteiger partial charge in [-0.3, -0.25) is 0 Å². The Bertz CT molecular complexity index is 120. The van der Waals surface area contributed by atoms with Crippen molar-refractivity contribution >= 4 is 0 Å². The lowest BCUT2D eigenvalue weighted by molar-refractivity contribution is 0.172. The van der Waals surface area contributed by atoms with Gasteiger partial charge >= 0.3 is 0 Å². The fraction of sp³-hybridized carbons (Fsp3) is 1.00. The molecule has 1 aliphatic rings. The average Bonchev–Trinajstić information content (AvgIpc) is 1.98. The van der Waals surface area contributed by atoms with Crippen LogP contribution < -0.4 is 5.32 Å². The highest BCUT2D eigenvalue weighted by Crippen LogP contribution is 2.28. The molecule has 1 saturated heterocycles. The molecule has 72 valence electrons. The summed E-state index contributed by atoms with van der Waals surface area (Å²) in [5.74, 6) is 2.60. The Labute approximate surface area is 76.9 Å². The first-order valence-corrected chi connectivity index (χ1v) is 5.40. The average molecular weight is 169 g/mol. The topological polar surface area (TPSA) is 12.0 Å². The van der Waals surface area contributed by atoms with Crippen molar-refractivity contribution in [1.82, 2.24) is 5.32 Å². The summed E-state index contributed by atoms with van der Waals surface area (Å²) in [7, 11) is 0. The molecule has 12 heavy (non-hydrogen) atoms. The number of rotatable bonds is 4. The minimum absolute atomic E-state index is 0.814. The van der Waals surface area contributed by atoms with Crippen molar-refractivity contribution in [2.24, 2.45) is 17.8 Å². The Morgan fingerprint density at radius 2 is 1.92 bits per heavy atom. The molecule has 3 unspecified atom stereocenters. The van der Waals surface area contributed by atoms with E-state index in [-0.39, 0.29) is 0 Å². The first-order valence-electron chi connectivity index (χ1n) is 5.40. The number of hydrogen-bond donors (Lipinski definition) is 1. The zero-order chi connectivity index (χ0) is 9.14. The predicted octanol–water partition coefficient (Wildman–Crippen LogP) is 2.67. The minimum atomic E-state index is 0.814. The molecule has 1 heteroatoms. The Morgan fingerprint density at radius 1 is 1.33 bits per heavy atom. The summed E-state index contributed by atoms with van der Waals surface area (Å²) in [5.41, 5.74) is 0. The normalized spacial score (nSPS) is 30.5. The molecule has 0 radical (unpaired) electrons. The van der Waals surface area contributed by atoms with Crippen molar-refractivity contribution in [2.75, 3.05) is 6.54 Å². The van der Waals surface area contributed by atoms with E-state index in [1.54, 1.807) is 0 Å². The Kier molecular flexibility index (Phi) is 3.57. The van der Waals surface area contributed by atoms with E-state index in [9.17, 15) is 0 Å².